The van der Waals surface area contributed by atoms with Crippen LogP contribution in [0.25, 0.3) is 9.40 Å². The van der Waals surface area contributed by atoms with Gasteiger partial charge in [0, 0.05) is 14.3 Å². The lowest BCUT2D eigenvalue weighted by Crippen LogP contribution is -2.20. The molecular weight excluding hydrogens is 262 g/mol. The average molecular weight is 277 g/mol. The second kappa shape index (κ2) is 4.88. The van der Waals surface area contributed by atoms with E-state index in [9.17, 15) is 0 Å². The molecule has 18 heavy (non-hydrogen) atoms. The van der Waals surface area contributed by atoms with E-state index in [1.165, 1.54) is 14.3 Å². The summed E-state index contributed by atoms with van der Waals surface area (Å²) in [7, 11) is 0. The molecule has 0 saturated carbocycles. The molecule has 0 bridgehead atoms. The highest BCUT2D eigenvalue weighted by molar-refractivity contribution is 7.27. The van der Waals surface area contributed by atoms with Crippen molar-refractivity contribution in [3.8, 4) is 0 Å². The molecule has 3 aromatic heterocycles. The number of hydrogen-bond donors (Lipinski definition) is 1. The van der Waals surface area contributed by atoms with Crippen LogP contribution in [0.5, 0.6) is 0 Å². The summed E-state index contributed by atoms with van der Waals surface area (Å²) in [5, 5.41) is 5.64. The highest BCUT2D eigenvalue weighted by atomic mass is 32.1. The summed E-state index contributed by atoms with van der Waals surface area (Å²) in [5.41, 5.74) is 0. The maximum atomic E-state index is 5.77. The van der Waals surface area contributed by atoms with Crippen molar-refractivity contribution in [2.75, 3.05) is 6.54 Å². The van der Waals surface area contributed by atoms with Crippen LogP contribution in [-0.2, 0) is 0 Å². The number of aryl methyl sites for hydroxylation is 1. The fourth-order valence-electron chi connectivity index (χ4n) is 2.08. The molecule has 0 aliphatic carbocycles. The fourth-order valence-corrected chi connectivity index (χ4v) is 4.28. The third-order valence-corrected chi connectivity index (χ3v) is 5.06. The van der Waals surface area contributed by atoms with Gasteiger partial charge in [-0.05, 0) is 43.1 Å². The van der Waals surface area contributed by atoms with Crippen LogP contribution in [0.3, 0.4) is 0 Å². The lowest BCUT2D eigenvalue weighted by molar-refractivity contribution is 0.438. The Kier molecular flexibility index (Phi) is 3.24. The SMILES string of the molecule is CCNC(c1ccc(C)o1)c1cc2sccc2s1. The molecular formula is C14H15NOS2. The fraction of sp³-hybridized carbons (Fsp3) is 0.286. The van der Waals surface area contributed by atoms with Crippen LogP contribution in [0.2, 0.25) is 0 Å². The minimum atomic E-state index is 0.174. The maximum absolute atomic E-state index is 5.77. The van der Waals surface area contributed by atoms with Crippen molar-refractivity contribution < 1.29 is 4.42 Å². The normalized spacial score (nSPS) is 13.2. The summed E-state index contributed by atoms with van der Waals surface area (Å²) in [6.45, 7) is 5.04. The largest absolute Gasteiger partial charge is 0.464 e. The standard InChI is InChI=1S/C14H15NOS2/c1-3-15-14(10-5-4-9(2)16-10)13-8-12-11(18-13)6-7-17-12/h4-8,14-15H,3H2,1-2H3. The predicted molar refractivity (Wildman–Crippen MR) is 78.7 cm³/mol. The quantitative estimate of drug-likeness (QED) is 0.756. The summed E-state index contributed by atoms with van der Waals surface area (Å²) in [6, 6.07) is 8.72. The van der Waals surface area contributed by atoms with Gasteiger partial charge in [0.15, 0.2) is 0 Å². The van der Waals surface area contributed by atoms with E-state index in [-0.39, 0.29) is 6.04 Å². The molecule has 0 aromatic carbocycles. The van der Waals surface area contributed by atoms with Crippen molar-refractivity contribution in [1.82, 2.24) is 5.32 Å². The molecule has 0 aliphatic rings. The molecule has 0 aliphatic heterocycles. The van der Waals surface area contributed by atoms with Crippen molar-refractivity contribution in [3.63, 3.8) is 0 Å². The Morgan fingerprint density at radius 1 is 1.28 bits per heavy atom. The van der Waals surface area contributed by atoms with Crippen molar-refractivity contribution in [1.29, 1.82) is 0 Å². The van der Waals surface area contributed by atoms with Crippen molar-refractivity contribution in [3.05, 3.63) is 46.0 Å². The molecule has 1 N–H and O–H groups in total. The van der Waals surface area contributed by atoms with Gasteiger partial charge in [0.25, 0.3) is 0 Å². The predicted octanol–water partition coefficient (Wildman–Crippen LogP) is 4.56. The zero-order valence-corrected chi connectivity index (χ0v) is 12.0. The monoisotopic (exact) mass is 277 g/mol. The molecule has 94 valence electrons. The van der Waals surface area contributed by atoms with Gasteiger partial charge in [0.2, 0.25) is 0 Å². The molecule has 0 fully saturated rings. The Labute approximate surface area is 114 Å². The van der Waals surface area contributed by atoms with Gasteiger partial charge in [-0.15, -0.1) is 22.7 Å². The Hall–Kier alpha value is -1.10. The van der Waals surface area contributed by atoms with Gasteiger partial charge in [-0.1, -0.05) is 6.92 Å². The molecule has 3 heterocycles. The van der Waals surface area contributed by atoms with Crippen LogP contribution in [0.1, 0.15) is 29.4 Å². The highest BCUT2D eigenvalue weighted by Crippen LogP contribution is 2.36. The van der Waals surface area contributed by atoms with E-state index < -0.39 is 0 Å². The molecule has 0 spiro atoms. The maximum Gasteiger partial charge on any atom is 0.126 e. The molecule has 4 heteroatoms. The van der Waals surface area contributed by atoms with E-state index in [1.54, 1.807) is 11.3 Å². The topological polar surface area (TPSA) is 25.2 Å². The number of nitrogens with one attached hydrogen (secondary N) is 1. The second-order valence-corrected chi connectivity index (χ2v) is 6.30. The van der Waals surface area contributed by atoms with Gasteiger partial charge in [0.1, 0.15) is 17.6 Å². The number of thiophene rings is 2. The van der Waals surface area contributed by atoms with Gasteiger partial charge in [-0.25, -0.2) is 0 Å². The van der Waals surface area contributed by atoms with Gasteiger partial charge in [0.05, 0.1) is 0 Å². The van der Waals surface area contributed by atoms with E-state index in [0.29, 0.717) is 0 Å². The molecule has 1 atom stereocenters. The Morgan fingerprint density at radius 2 is 2.17 bits per heavy atom. The summed E-state index contributed by atoms with van der Waals surface area (Å²) >= 11 is 3.64. The first-order valence-corrected chi connectivity index (χ1v) is 7.74. The van der Waals surface area contributed by atoms with E-state index >= 15 is 0 Å². The first-order chi connectivity index (χ1) is 8.78. The van der Waals surface area contributed by atoms with Gasteiger partial charge in [-0.2, -0.15) is 0 Å². The third kappa shape index (κ3) is 2.11. The van der Waals surface area contributed by atoms with Crippen molar-refractivity contribution in [2.45, 2.75) is 19.9 Å². The summed E-state index contributed by atoms with van der Waals surface area (Å²) < 4.78 is 8.50. The molecule has 0 amide bonds. The van der Waals surface area contributed by atoms with Crippen LogP contribution in [0.4, 0.5) is 0 Å². The zero-order valence-electron chi connectivity index (χ0n) is 10.4. The van der Waals surface area contributed by atoms with E-state index in [4.69, 9.17) is 4.42 Å². The van der Waals surface area contributed by atoms with E-state index in [2.05, 4.69) is 35.8 Å². The van der Waals surface area contributed by atoms with Crippen LogP contribution in [0, 0.1) is 6.92 Å². The number of fused-ring (bicyclic) bond motifs is 1. The second-order valence-electron chi connectivity index (χ2n) is 4.24. The number of rotatable bonds is 4. The average Bonchev–Trinajstić information content (AvgIpc) is 3.00. The first kappa shape index (κ1) is 12.0. The van der Waals surface area contributed by atoms with Crippen LogP contribution < -0.4 is 5.32 Å². The van der Waals surface area contributed by atoms with Gasteiger partial charge in [-0.3, -0.25) is 0 Å². The van der Waals surface area contributed by atoms with Crippen molar-refractivity contribution >= 4 is 32.1 Å². The van der Waals surface area contributed by atoms with Gasteiger partial charge >= 0.3 is 0 Å². The van der Waals surface area contributed by atoms with Gasteiger partial charge < -0.3 is 9.73 Å². The van der Waals surface area contributed by atoms with Crippen LogP contribution >= 0.6 is 22.7 Å². The van der Waals surface area contributed by atoms with Crippen molar-refractivity contribution in [2.24, 2.45) is 0 Å². The first-order valence-electron chi connectivity index (χ1n) is 6.04. The minimum absolute atomic E-state index is 0.174. The minimum Gasteiger partial charge on any atom is -0.464 e. The van der Waals surface area contributed by atoms with E-state index in [0.717, 1.165) is 18.1 Å². The Bertz CT molecular complexity index is 621. The summed E-state index contributed by atoms with van der Waals surface area (Å²) in [6.07, 6.45) is 0. The van der Waals surface area contributed by atoms with Crippen LogP contribution in [0.15, 0.2) is 34.1 Å². The summed E-state index contributed by atoms with van der Waals surface area (Å²) in [5.74, 6) is 1.97. The molecule has 2 nitrogen and oxygen atoms in total. The smallest absolute Gasteiger partial charge is 0.126 e. The third-order valence-electron chi connectivity index (χ3n) is 2.90. The summed E-state index contributed by atoms with van der Waals surface area (Å²) in [4.78, 5) is 1.33. The number of furan rings is 1. The van der Waals surface area contributed by atoms with Crippen LogP contribution in [-0.4, -0.2) is 6.54 Å². The zero-order chi connectivity index (χ0) is 12.5. The molecule has 0 radical (unpaired) electrons. The highest BCUT2D eigenvalue weighted by Gasteiger charge is 2.19. The Morgan fingerprint density at radius 3 is 2.83 bits per heavy atom. The molecule has 1 unspecified atom stereocenters. The molecule has 3 aromatic rings. The molecule has 0 saturated heterocycles. The Balaban J connectivity index is 2.00. The molecule has 3 rings (SSSR count). The lowest BCUT2D eigenvalue weighted by Gasteiger charge is -2.13. The van der Waals surface area contributed by atoms with E-state index in [1.807, 2.05) is 24.3 Å². The number of hydrogen-bond acceptors (Lipinski definition) is 4. The lowest BCUT2D eigenvalue weighted by atomic mass is 10.2.